The number of hydrogen-bond acceptors (Lipinski definition) is 7. The van der Waals surface area contributed by atoms with E-state index in [0.717, 1.165) is 11.5 Å². The van der Waals surface area contributed by atoms with Gasteiger partial charge < -0.3 is 16.2 Å². The van der Waals surface area contributed by atoms with E-state index in [0.29, 0.717) is 0 Å². The molecule has 0 fully saturated rings. The van der Waals surface area contributed by atoms with Gasteiger partial charge in [-0.05, 0) is 11.6 Å². The molecule has 0 saturated carbocycles. The standard InChI is InChI=1S/C7H10N6O4S/c8-4(14)2-1-3(5(15)16)9-6(17)10-7-11-12-13-18-7/h3H,1-2H2,(H2,8,14)(H,15,16)(H2,9,10,11,13,17). The summed E-state index contributed by atoms with van der Waals surface area (Å²) in [5.74, 6) is -1.90. The minimum Gasteiger partial charge on any atom is -0.480 e. The SMILES string of the molecule is NC(=O)CCC(NC(=O)Nc1nnns1)C(=O)O. The average Bonchev–Trinajstić information content (AvgIpc) is 2.76. The van der Waals surface area contributed by atoms with Crippen LogP contribution in [0.2, 0.25) is 0 Å². The first-order valence-corrected chi connectivity index (χ1v) is 5.50. The third kappa shape index (κ3) is 4.69. The molecular weight excluding hydrogens is 264 g/mol. The van der Waals surface area contributed by atoms with Crippen LogP contribution in [-0.2, 0) is 9.59 Å². The van der Waals surface area contributed by atoms with Crippen LogP contribution in [-0.4, -0.2) is 43.9 Å². The van der Waals surface area contributed by atoms with Crippen LogP contribution in [0.1, 0.15) is 12.8 Å². The lowest BCUT2D eigenvalue weighted by Gasteiger charge is -2.13. The fourth-order valence-electron chi connectivity index (χ4n) is 1.02. The van der Waals surface area contributed by atoms with Crippen molar-refractivity contribution in [3.05, 3.63) is 0 Å². The van der Waals surface area contributed by atoms with Gasteiger partial charge >= 0.3 is 12.0 Å². The molecule has 0 aliphatic heterocycles. The molecule has 0 bridgehead atoms. The molecule has 1 rings (SSSR count). The molecular formula is C7H10N6O4S. The summed E-state index contributed by atoms with van der Waals surface area (Å²) in [7, 11) is 0. The number of nitrogens with two attached hydrogens (primary N) is 1. The molecule has 0 aliphatic carbocycles. The van der Waals surface area contributed by atoms with Crippen molar-refractivity contribution in [3.63, 3.8) is 0 Å². The molecule has 0 aromatic carbocycles. The Balaban J connectivity index is 2.47. The molecule has 1 unspecified atom stereocenters. The Hall–Kier alpha value is -2.30. The van der Waals surface area contributed by atoms with Crippen LogP contribution < -0.4 is 16.4 Å². The molecule has 0 radical (unpaired) electrons. The van der Waals surface area contributed by atoms with Crippen molar-refractivity contribution in [1.82, 2.24) is 20.1 Å². The van der Waals surface area contributed by atoms with Gasteiger partial charge in [-0.15, -0.1) is 0 Å². The van der Waals surface area contributed by atoms with E-state index in [4.69, 9.17) is 10.8 Å². The highest BCUT2D eigenvalue weighted by Gasteiger charge is 2.20. The third-order valence-electron chi connectivity index (χ3n) is 1.80. The summed E-state index contributed by atoms with van der Waals surface area (Å²) in [6.07, 6.45) is -0.232. The smallest absolute Gasteiger partial charge is 0.326 e. The predicted molar refractivity (Wildman–Crippen MR) is 59.7 cm³/mol. The molecule has 98 valence electrons. The molecule has 0 spiro atoms. The van der Waals surface area contributed by atoms with Gasteiger partial charge in [0.2, 0.25) is 11.0 Å². The van der Waals surface area contributed by atoms with Crippen LogP contribution in [0.4, 0.5) is 9.93 Å². The van der Waals surface area contributed by atoms with Crippen molar-refractivity contribution >= 4 is 34.6 Å². The lowest BCUT2D eigenvalue weighted by molar-refractivity contribution is -0.139. The molecule has 0 aliphatic rings. The summed E-state index contributed by atoms with van der Waals surface area (Å²) in [6.45, 7) is 0. The quantitative estimate of drug-likeness (QED) is 0.505. The Morgan fingerprint density at radius 1 is 1.44 bits per heavy atom. The maximum Gasteiger partial charge on any atom is 0.326 e. The van der Waals surface area contributed by atoms with Crippen molar-refractivity contribution in [2.45, 2.75) is 18.9 Å². The zero-order chi connectivity index (χ0) is 13.5. The largest absolute Gasteiger partial charge is 0.480 e. The van der Waals surface area contributed by atoms with Gasteiger partial charge in [0.1, 0.15) is 6.04 Å². The number of aliphatic carboxylic acids is 1. The van der Waals surface area contributed by atoms with E-state index in [1.54, 1.807) is 0 Å². The highest BCUT2D eigenvalue weighted by atomic mass is 32.1. The molecule has 5 N–H and O–H groups in total. The maximum atomic E-state index is 11.4. The van der Waals surface area contributed by atoms with E-state index < -0.39 is 23.9 Å². The predicted octanol–water partition coefficient (Wildman–Crippen LogP) is -1.23. The van der Waals surface area contributed by atoms with Crippen molar-refractivity contribution in [2.24, 2.45) is 5.73 Å². The zero-order valence-corrected chi connectivity index (χ0v) is 9.81. The van der Waals surface area contributed by atoms with E-state index in [1.165, 1.54) is 0 Å². The van der Waals surface area contributed by atoms with Gasteiger partial charge in [0.25, 0.3) is 0 Å². The van der Waals surface area contributed by atoms with E-state index in [1.807, 2.05) is 0 Å². The normalized spacial score (nSPS) is 11.6. The number of anilines is 1. The Kier molecular flexibility index (Phi) is 4.92. The van der Waals surface area contributed by atoms with E-state index in [2.05, 4.69) is 25.4 Å². The molecule has 18 heavy (non-hydrogen) atoms. The second-order valence-corrected chi connectivity index (χ2v) is 3.89. The van der Waals surface area contributed by atoms with Gasteiger partial charge in [-0.25, -0.2) is 9.59 Å². The number of aromatic nitrogens is 3. The molecule has 11 heteroatoms. The van der Waals surface area contributed by atoms with Gasteiger partial charge in [-0.1, -0.05) is 9.59 Å². The van der Waals surface area contributed by atoms with Crippen molar-refractivity contribution in [2.75, 3.05) is 5.32 Å². The third-order valence-corrected chi connectivity index (χ3v) is 2.31. The van der Waals surface area contributed by atoms with E-state index >= 15 is 0 Å². The number of nitrogens with zero attached hydrogens (tertiary/aromatic N) is 3. The van der Waals surface area contributed by atoms with Crippen molar-refractivity contribution in [3.8, 4) is 0 Å². The van der Waals surface area contributed by atoms with Crippen molar-refractivity contribution < 1.29 is 19.5 Å². The van der Waals surface area contributed by atoms with Gasteiger partial charge in [0.05, 0.1) is 0 Å². The molecule has 3 amide bonds. The molecule has 0 saturated heterocycles. The zero-order valence-electron chi connectivity index (χ0n) is 8.99. The Morgan fingerprint density at radius 3 is 2.67 bits per heavy atom. The number of carbonyl (C=O) groups excluding carboxylic acids is 2. The number of rotatable bonds is 6. The van der Waals surface area contributed by atoms with Gasteiger partial charge in [-0.3, -0.25) is 10.1 Å². The topological polar surface area (TPSA) is 160 Å². The number of carbonyl (C=O) groups is 3. The fourth-order valence-corrected chi connectivity index (χ4v) is 1.38. The Morgan fingerprint density at radius 2 is 2.17 bits per heavy atom. The summed E-state index contributed by atoms with van der Waals surface area (Å²) in [5, 5.41) is 20.1. The van der Waals surface area contributed by atoms with Gasteiger partial charge in [-0.2, -0.15) is 0 Å². The summed E-state index contributed by atoms with van der Waals surface area (Å²) >= 11 is 0.839. The number of amides is 3. The van der Waals surface area contributed by atoms with Crippen LogP contribution in [0.5, 0.6) is 0 Å². The molecule has 1 atom stereocenters. The minimum absolute atomic E-state index is 0.0908. The summed E-state index contributed by atoms with van der Waals surface area (Å²) < 4.78 is 3.41. The second-order valence-electron chi connectivity index (χ2n) is 3.16. The van der Waals surface area contributed by atoms with Gasteiger partial charge in [0.15, 0.2) is 0 Å². The second kappa shape index (κ2) is 6.44. The first kappa shape index (κ1) is 13.8. The highest BCUT2D eigenvalue weighted by molar-refractivity contribution is 7.09. The van der Waals surface area contributed by atoms with Crippen LogP contribution in [0, 0.1) is 0 Å². The number of carboxylic acid groups (broad SMARTS) is 1. The van der Waals surface area contributed by atoms with Crippen LogP contribution >= 0.6 is 11.5 Å². The van der Waals surface area contributed by atoms with Crippen LogP contribution in [0.15, 0.2) is 0 Å². The molecule has 1 heterocycles. The Bertz CT molecular complexity index is 435. The monoisotopic (exact) mass is 274 g/mol. The summed E-state index contributed by atoms with van der Waals surface area (Å²) in [4.78, 5) is 32.7. The van der Waals surface area contributed by atoms with Crippen molar-refractivity contribution in [1.29, 1.82) is 0 Å². The molecule has 10 nitrogen and oxygen atoms in total. The maximum absolute atomic E-state index is 11.4. The molecule has 1 aromatic heterocycles. The van der Waals surface area contributed by atoms with Crippen LogP contribution in [0.25, 0.3) is 0 Å². The average molecular weight is 274 g/mol. The lowest BCUT2D eigenvalue weighted by atomic mass is 10.1. The first-order valence-electron chi connectivity index (χ1n) is 4.72. The number of primary amides is 1. The van der Waals surface area contributed by atoms with Gasteiger partial charge in [0, 0.05) is 18.0 Å². The Labute approximate surface area is 105 Å². The lowest BCUT2D eigenvalue weighted by Crippen LogP contribution is -2.43. The highest BCUT2D eigenvalue weighted by Crippen LogP contribution is 2.04. The van der Waals surface area contributed by atoms with Crippen LogP contribution in [0.3, 0.4) is 0 Å². The van der Waals surface area contributed by atoms with E-state index in [9.17, 15) is 14.4 Å². The van der Waals surface area contributed by atoms with E-state index in [-0.39, 0.29) is 18.0 Å². The first-order chi connectivity index (χ1) is 8.49. The molecule has 1 aromatic rings. The summed E-state index contributed by atoms with van der Waals surface area (Å²) in [5.41, 5.74) is 4.90. The number of hydrogen-bond donors (Lipinski definition) is 4. The minimum atomic E-state index is -1.26. The number of nitrogens with one attached hydrogen (secondary N) is 2. The number of carboxylic acids is 1. The fraction of sp³-hybridized carbons (Fsp3) is 0.429. The summed E-state index contributed by atoms with van der Waals surface area (Å²) in [6, 6.07) is -1.98. The number of urea groups is 1.